The third kappa shape index (κ3) is 6.22. The van der Waals surface area contributed by atoms with Crippen molar-refractivity contribution in [3.63, 3.8) is 0 Å². The van der Waals surface area contributed by atoms with E-state index in [-0.39, 0.29) is 30.5 Å². The van der Waals surface area contributed by atoms with Crippen LogP contribution in [0.2, 0.25) is 0 Å². The van der Waals surface area contributed by atoms with Crippen molar-refractivity contribution in [2.24, 2.45) is 0 Å². The van der Waals surface area contributed by atoms with Gasteiger partial charge in [-0.1, -0.05) is 12.1 Å². The summed E-state index contributed by atoms with van der Waals surface area (Å²) in [5.74, 6) is -0.893. The summed E-state index contributed by atoms with van der Waals surface area (Å²) in [6, 6.07) is 6.06. The molecule has 0 spiro atoms. The van der Waals surface area contributed by atoms with E-state index in [0.29, 0.717) is 6.54 Å². The third-order valence-electron chi connectivity index (χ3n) is 3.19. The van der Waals surface area contributed by atoms with Crippen LogP contribution in [0.3, 0.4) is 0 Å². The molecule has 0 saturated carbocycles. The lowest BCUT2D eigenvalue weighted by Gasteiger charge is -2.21. The van der Waals surface area contributed by atoms with Crippen LogP contribution < -0.4 is 10.2 Å². The average Bonchev–Trinajstić information content (AvgIpc) is 2.45. The van der Waals surface area contributed by atoms with Crippen LogP contribution in [-0.2, 0) is 9.59 Å². The van der Waals surface area contributed by atoms with Gasteiger partial charge in [-0.3, -0.25) is 9.59 Å². The number of amides is 2. The minimum absolute atomic E-state index is 0.138. The topological polar surface area (TPSA) is 52.7 Å². The summed E-state index contributed by atoms with van der Waals surface area (Å²) < 4.78 is 13.7. The zero-order chi connectivity index (χ0) is 16.5. The monoisotopic (exact) mass is 309 g/mol. The van der Waals surface area contributed by atoms with E-state index in [1.54, 1.807) is 12.1 Å². The molecular weight excluding hydrogens is 285 g/mol. The van der Waals surface area contributed by atoms with Crippen molar-refractivity contribution in [3.8, 4) is 0 Å². The number of carbonyl (C=O) groups excluding carboxylic acids is 2. The lowest BCUT2D eigenvalue weighted by Crippen LogP contribution is -2.35. The van der Waals surface area contributed by atoms with Gasteiger partial charge in [-0.15, -0.1) is 0 Å². The first-order chi connectivity index (χ1) is 10.4. The van der Waals surface area contributed by atoms with Gasteiger partial charge in [0.2, 0.25) is 11.8 Å². The Kier molecular flexibility index (Phi) is 7.52. The number of hydrogen-bond acceptors (Lipinski definition) is 3. The van der Waals surface area contributed by atoms with Crippen LogP contribution >= 0.6 is 0 Å². The highest BCUT2D eigenvalue weighted by Gasteiger charge is 2.16. The fourth-order valence-electron chi connectivity index (χ4n) is 2.04. The first kappa shape index (κ1) is 18.1. The van der Waals surface area contributed by atoms with E-state index in [9.17, 15) is 14.0 Å². The van der Waals surface area contributed by atoms with Crippen LogP contribution in [0.5, 0.6) is 0 Å². The molecule has 0 atom stereocenters. The maximum absolute atomic E-state index is 13.7. The van der Waals surface area contributed by atoms with E-state index in [4.69, 9.17) is 0 Å². The van der Waals surface area contributed by atoms with Gasteiger partial charge in [0.05, 0.1) is 5.69 Å². The lowest BCUT2D eigenvalue weighted by atomic mass is 10.2. The first-order valence-electron chi connectivity index (χ1n) is 7.36. The van der Waals surface area contributed by atoms with Crippen molar-refractivity contribution >= 4 is 17.5 Å². The average molecular weight is 309 g/mol. The summed E-state index contributed by atoms with van der Waals surface area (Å²) in [6.45, 7) is 3.02. The number of nitrogens with one attached hydrogen (secondary N) is 1. The molecule has 1 rings (SSSR count). The number of rotatable bonds is 8. The van der Waals surface area contributed by atoms with Crippen LogP contribution in [0.25, 0.3) is 0 Å². The number of nitrogens with zero attached hydrogens (tertiary/aromatic N) is 2. The second-order valence-electron chi connectivity index (χ2n) is 5.38. The van der Waals surface area contributed by atoms with Crippen molar-refractivity contribution in [1.82, 2.24) is 10.2 Å². The predicted molar refractivity (Wildman–Crippen MR) is 85.2 cm³/mol. The summed E-state index contributed by atoms with van der Waals surface area (Å²) in [6.07, 6.45) is 1.01. The van der Waals surface area contributed by atoms with E-state index >= 15 is 0 Å². The van der Waals surface area contributed by atoms with Gasteiger partial charge in [-0.05, 0) is 39.2 Å². The highest BCUT2D eigenvalue weighted by atomic mass is 19.1. The molecule has 1 aromatic carbocycles. The maximum Gasteiger partial charge on any atom is 0.223 e. The van der Waals surface area contributed by atoms with Crippen LogP contribution in [-0.4, -0.2) is 50.4 Å². The van der Waals surface area contributed by atoms with Gasteiger partial charge in [0, 0.05) is 26.4 Å². The standard InChI is InChI=1S/C16H24FN3O2/c1-13(21)20(15-8-5-4-7-14(15)17)12-9-16(22)18-10-6-11-19(2)3/h4-5,7-8H,6,9-12H2,1-3H3,(H,18,22). The van der Waals surface area contributed by atoms with Crippen molar-refractivity contribution in [2.45, 2.75) is 19.8 Å². The smallest absolute Gasteiger partial charge is 0.223 e. The van der Waals surface area contributed by atoms with Gasteiger partial charge >= 0.3 is 0 Å². The Balaban J connectivity index is 2.47. The quantitative estimate of drug-likeness (QED) is 0.743. The van der Waals surface area contributed by atoms with Crippen LogP contribution in [0.1, 0.15) is 19.8 Å². The molecule has 2 amide bonds. The normalized spacial score (nSPS) is 10.6. The third-order valence-corrected chi connectivity index (χ3v) is 3.19. The minimum atomic E-state index is -0.468. The van der Waals surface area contributed by atoms with Crippen molar-refractivity contribution < 1.29 is 14.0 Å². The van der Waals surface area contributed by atoms with Gasteiger partial charge in [0.15, 0.2) is 0 Å². The molecule has 0 radical (unpaired) electrons. The molecular formula is C16H24FN3O2. The number of anilines is 1. The zero-order valence-corrected chi connectivity index (χ0v) is 13.4. The van der Waals surface area contributed by atoms with E-state index in [2.05, 4.69) is 5.32 Å². The first-order valence-corrected chi connectivity index (χ1v) is 7.36. The highest BCUT2D eigenvalue weighted by Crippen LogP contribution is 2.18. The molecule has 22 heavy (non-hydrogen) atoms. The van der Waals surface area contributed by atoms with Crippen LogP contribution in [0.15, 0.2) is 24.3 Å². The molecule has 5 nitrogen and oxygen atoms in total. The molecule has 0 unspecified atom stereocenters. The second-order valence-corrected chi connectivity index (χ2v) is 5.38. The Morgan fingerprint density at radius 1 is 1.18 bits per heavy atom. The fourth-order valence-corrected chi connectivity index (χ4v) is 2.04. The number of halogens is 1. The SMILES string of the molecule is CC(=O)N(CCC(=O)NCCCN(C)C)c1ccccc1F. The summed E-state index contributed by atoms with van der Waals surface area (Å²) in [5, 5.41) is 2.80. The Labute approximate surface area is 131 Å². The number of hydrogen-bond donors (Lipinski definition) is 1. The zero-order valence-electron chi connectivity index (χ0n) is 13.4. The molecule has 122 valence electrons. The minimum Gasteiger partial charge on any atom is -0.356 e. The molecule has 6 heteroatoms. The molecule has 1 N–H and O–H groups in total. The Bertz CT molecular complexity index is 506. The van der Waals surface area contributed by atoms with Gasteiger partial charge in [-0.25, -0.2) is 4.39 Å². The van der Waals surface area contributed by atoms with E-state index < -0.39 is 5.82 Å². The summed E-state index contributed by atoms with van der Waals surface area (Å²) in [5.41, 5.74) is 0.204. The van der Waals surface area contributed by atoms with Gasteiger partial charge in [-0.2, -0.15) is 0 Å². The van der Waals surface area contributed by atoms with Crippen LogP contribution in [0.4, 0.5) is 10.1 Å². The molecule has 0 aromatic heterocycles. The molecule has 0 saturated heterocycles. The molecule has 0 aliphatic heterocycles. The summed E-state index contributed by atoms with van der Waals surface area (Å²) in [7, 11) is 3.95. The Morgan fingerprint density at radius 2 is 1.86 bits per heavy atom. The molecule has 1 aromatic rings. The number of benzene rings is 1. The summed E-state index contributed by atoms with van der Waals surface area (Å²) in [4.78, 5) is 26.8. The van der Waals surface area contributed by atoms with Crippen molar-refractivity contribution in [3.05, 3.63) is 30.1 Å². The second kappa shape index (κ2) is 9.15. The van der Waals surface area contributed by atoms with Gasteiger partial charge in [0.25, 0.3) is 0 Å². The molecule has 0 heterocycles. The molecule has 0 aliphatic carbocycles. The Hall–Kier alpha value is -1.95. The number of carbonyl (C=O) groups is 2. The summed E-state index contributed by atoms with van der Waals surface area (Å²) >= 11 is 0. The molecule has 0 aliphatic rings. The number of para-hydroxylation sites is 1. The largest absolute Gasteiger partial charge is 0.356 e. The van der Waals surface area contributed by atoms with Crippen LogP contribution in [0, 0.1) is 5.82 Å². The van der Waals surface area contributed by atoms with E-state index in [1.165, 1.54) is 24.0 Å². The highest BCUT2D eigenvalue weighted by molar-refractivity contribution is 5.92. The Morgan fingerprint density at radius 3 is 2.45 bits per heavy atom. The van der Waals surface area contributed by atoms with Crippen molar-refractivity contribution in [2.75, 3.05) is 38.6 Å². The van der Waals surface area contributed by atoms with Gasteiger partial charge in [0.1, 0.15) is 5.82 Å². The maximum atomic E-state index is 13.7. The van der Waals surface area contributed by atoms with Crippen molar-refractivity contribution in [1.29, 1.82) is 0 Å². The fraction of sp³-hybridized carbons (Fsp3) is 0.500. The van der Waals surface area contributed by atoms with Gasteiger partial charge < -0.3 is 15.1 Å². The molecule has 0 bridgehead atoms. The lowest BCUT2D eigenvalue weighted by molar-refractivity contribution is -0.121. The van der Waals surface area contributed by atoms with E-state index in [0.717, 1.165) is 13.0 Å². The predicted octanol–water partition coefficient (Wildman–Crippen LogP) is 1.64. The molecule has 0 fully saturated rings. The van der Waals surface area contributed by atoms with E-state index in [1.807, 2.05) is 19.0 Å².